The Kier molecular flexibility index (Phi) is 31.9. The van der Waals surface area contributed by atoms with E-state index in [0.717, 1.165) is 22.2 Å². The fraction of sp³-hybridized carbons (Fsp3) is 0.529. The highest BCUT2D eigenvalue weighted by Gasteiger charge is 2.50. The summed E-state index contributed by atoms with van der Waals surface area (Å²) < 4.78 is 43.2. The molecule has 0 saturated carbocycles. The lowest BCUT2D eigenvalue weighted by Crippen LogP contribution is -2.60. The average Bonchev–Trinajstić information content (AvgIpc) is 1.65. The molecule has 12 rings (SSSR count). The highest BCUT2D eigenvalue weighted by Crippen LogP contribution is 2.35. The predicted molar refractivity (Wildman–Crippen MR) is 436 cm³/mol. The zero-order chi connectivity index (χ0) is 84.4. The third-order valence-corrected chi connectivity index (χ3v) is 22.8. The number of hydrogen-bond acceptors (Lipinski definition) is 19. The van der Waals surface area contributed by atoms with E-state index < -0.39 is 144 Å². The number of rotatable bonds is 16. The second kappa shape index (κ2) is 41.8. The van der Waals surface area contributed by atoms with Gasteiger partial charge >= 0.3 is 0 Å². The summed E-state index contributed by atoms with van der Waals surface area (Å²) in [6.45, 7) is 6.10. The number of carbonyl (C=O) groups excluding carboxylic acids is 12. The van der Waals surface area contributed by atoms with E-state index in [4.69, 9.17) is 18.9 Å². The summed E-state index contributed by atoms with van der Waals surface area (Å²) in [7, 11) is 7.65. The molecule has 14 bridgehead atoms. The number of aromatic nitrogens is 4. The molecule has 0 radical (unpaired) electrons. The Balaban J connectivity index is 0.0000149. The van der Waals surface area contributed by atoms with E-state index in [1.807, 2.05) is 24.3 Å². The first-order valence-electron chi connectivity index (χ1n) is 40.9. The Labute approximate surface area is 693 Å². The number of carbonyl (C=O) groups is 12. The summed E-state index contributed by atoms with van der Waals surface area (Å²) in [5.74, 6) is -11.0. The lowest BCUT2D eigenvalue weighted by molar-refractivity contribution is -0.870. The number of nitrogens with zero attached hydrogens (tertiary/aromatic N) is 8. The highest BCUT2D eigenvalue weighted by molar-refractivity contribution is 6.00. The maximum Gasteiger partial charge on any atom is 0.246 e. The molecule has 9 amide bonds. The molecule has 2 saturated heterocycles. The first-order valence-corrected chi connectivity index (χ1v) is 40.9. The molecule has 642 valence electrons. The number of ether oxygens (including phenoxy) is 4. The highest BCUT2D eigenvalue weighted by atomic mass is 19.1. The molecule has 0 unspecified atom stereocenters. The van der Waals surface area contributed by atoms with Gasteiger partial charge in [0.15, 0.2) is 11.6 Å². The van der Waals surface area contributed by atoms with Crippen LogP contribution in [0.2, 0.25) is 0 Å². The number of halogens is 1. The van der Waals surface area contributed by atoms with Crippen LogP contribution in [0.5, 0.6) is 5.75 Å². The smallest absolute Gasteiger partial charge is 0.246 e. The van der Waals surface area contributed by atoms with Crippen LogP contribution in [0, 0.1) is 25.1 Å². The van der Waals surface area contributed by atoms with Crippen LogP contribution in [0.15, 0.2) is 103 Å². The summed E-state index contributed by atoms with van der Waals surface area (Å²) in [5.41, 5.74) is 3.14. The molecule has 10 atom stereocenters. The maximum absolute atomic E-state index is 16.4. The van der Waals surface area contributed by atoms with Gasteiger partial charge in [-0.25, -0.2) is 4.39 Å². The molecule has 6 aliphatic heterocycles. The Morgan fingerprint density at radius 1 is 0.706 bits per heavy atom. The Morgan fingerprint density at radius 2 is 1.45 bits per heavy atom. The number of likely N-dealkylation sites (N-methyl/N-ethyl adjacent to an activating group) is 1. The normalized spacial score (nSPS) is 24.0. The number of amides is 9. The van der Waals surface area contributed by atoms with Gasteiger partial charge in [-0.1, -0.05) is 65.9 Å². The zero-order valence-electron chi connectivity index (χ0n) is 69.5. The van der Waals surface area contributed by atoms with Crippen molar-refractivity contribution in [3.8, 4) is 5.75 Å². The van der Waals surface area contributed by atoms with Gasteiger partial charge in [0.1, 0.15) is 65.9 Å². The van der Waals surface area contributed by atoms with Gasteiger partial charge in [-0.05, 0) is 136 Å². The van der Waals surface area contributed by atoms with Crippen molar-refractivity contribution in [1.82, 2.24) is 66.2 Å². The minimum Gasteiger partial charge on any atom is -0.497 e. The number of fused-ring (bicyclic) bond motifs is 16. The van der Waals surface area contributed by atoms with Crippen molar-refractivity contribution in [2.75, 3.05) is 94.0 Å². The van der Waals surface area contributed by atoms with Crippen LogP contribution in [0.1, 0.15) is 130 Å². The zero-order valence-corrected chi connectivity index (χ0v) is 69.5. The number of nitrogens with one attached hydrogen (secondary N) is 6. The molecular weight excluding hydrogens is 1530 g/mol. The number of aliphatic hydroxyl groups is 1. The number of hydrogen-bond donors (Lipinski definition) is 7. The van der Waals surface area contributed by atoms with Gasteiger partial charge in [-0.3, -0.25) is 62.2 Å². The molecule has 4 aromatic carbocycles. The van der Waals surface area contributed by atoms with E-state index in [9.17, 15) is 38.7 Å². The van der Waals surface area contributed by atoms with Crippen molar-refractivity contribution in [2.24, 2.45) is 11.8 Å². The molecular formula is C87H115FN14O17. The largest absolute Gasteiger partial charge is 0.497 e. The molecule has 6 aliphatic rings. The third-order valence-electron chi connectivity index (χ3n) is 22.8. The number of ketones is 3. The maximum atomic E-state index is 16.4. The summed E-state index contributed by atoms with van der Waals surface area (Å²) >= 11 is 0. The van der Waals surface area contributed by atoms with Gasteiger partial charge in [0.05, 0.1) is 98.1 Å². The number of quaternary nitrogens is 1. The van der Waals surface area contributed by atoms with Gasteiger partial charge in [0.2, 0.25) is 53.2 Å². The minimum absolute atomic E-state index is 0. The molecule has 7 N–H and O–H groups in total. The average molecular weight is 1650 g/mol. The molecule has 2 aromatic heterocycles. The number of benzene rings is 4. The molecule has 0 spiro atoms. The summed E-state index contributed by atoms with van der Waals surface area (Å²) in [6.07, 6.45) is -1.17. The van der Waals surface area contributed by atoms with Crippen LogP contribution in [-0.4, -0.2) is 256 Å². The SMILES string of the molecule is COc1ccc(C[C@@H]2NC(=O)[C@H]([C@@H](C)O)CC(=O)[C@@H]3[C@@H]4CCN3C(=O)[C@H]3CC(=O)[C@H](Cc5cccc(c5)CNC(=O)CO4)NC(=O)[C@@H](C)NC(=O)[C@H](CCC(=O)CCOCCOCC[N+](C)(C)C)NC(=O)CCCC(=O)N(CCn4cc(nn4)Cn4cc(c5cc(F)ccc54)C3)Cc3ccc(cc3)CCNC(=O)[C@]3(C)CCCN3C2=O)cc1.[CH3-]. The van der Waals surface area contributed by atoms with E-state index in [0.29, 0.717) is 70.7 Å². The van der Waals surface area contributed by atoms with Crippen molar-refractivity contribution in [2.45, 2.75) is 191 Å². The van der Waals surface area contributed by atoms with E-state index >= 15 is 28.4 Å². The van der Waals surface area contributed by atoms with Gasteiger partial charge in [-0.15, -0.1) is 5.10 Å². The molecule has 32 heteroatoms. The Morgan fingerprint density at radius 3 is 2.20 bits per heavy atom. The van der Waals surface area contributed by atoms with Crippen LogP contribution >= 0.6 is 0 Å². The van der Waals surface area contributed by atoms with Crippen molar-refractivity contribution in [1.29, 1.82) is 0 Å². The lowest BCUT2D eigenvalue weighted by atomic mass is 9.87. The standard InChI is InChI=1S/C86H111FN14O17.CH3/c1-54-80(109)92-70-43-59-11-8-12-60(41-59)48-89-77(107)53-118-75-28-33-99-79(75)74(105)47-67(55(2)102)81(110)93-71(42-57-19-23-66(115-7)24-20-57)84(113)100-32-10-30-86(100,3)85(114)88-31-27-56-15-17-58(18-16-56)49-96(78(108)14-9-13-76(106)91-69(82(111)90-54)25-22-65(103)29-37-116-39-40-117-38-36-101(4,5)6)34-35-98-52-64(94-95-98)51-97-50-62(44-61(83(99)112)45-73(70)104)68-46-63(87)21-26-72(68)97;/h8,11-12,15-21,23-24,26,41,46,50,52,54-55,61,67,69-71,75,79,102H,9-10,13-14,22,25,27-40,42-45,47-49,51,53H2,1-7H3,(H5-,88,89,90,91,92,93,106,107,109,110,111,114);1H3/q;-1/p+1/t54-,55-,61-,67+,69+,70+,71+,75+,79-,86+;/m1./s1. The van der Waals surface area contributed by atoms with Gasteiger partial charge in [0.25, 0.3) is 0 Å². The van der Waals surface area contributed by atoms with Crippen LogP contribution < -0.4 is 36.6 Å². The first-order chi connectivity index (χ1) is 56.5. The van der Waals surface area contributed by atoms with E-state index in [2.05, 4.69) is 63.4 Å². The molecule has 31 nitrogen and oxygen atoms in total. The molecule has 119 heavy (non-hydrogen) atoms. The van der Waals surface area contributed by atoms with Crippen LogP contribution in [0.25, 0.3) is 10.9 Å². The molecule has 6 aromatic rings. The van der Waals surface area contributed by atoms with Crippen molar-refractivity contribution < 1.29 is 90.5 Å². The van der Waals surface area contributed by atoms with E-state index in [1.54, 1.807) is 88.1 Å². The second-order valence-electron chi connectivity index (χ2n) is 32.9. The predicted octanol–water partition coefficient (Wildman–Crippen LogP) is 3.76. The lowest BCUT2D eigenvalue weighted by Gasteiger charge is -2.37. The van der Waals surface area contributed by atoms with Crippen molar-refractivity contribution in [3.63, 3.8) is 0 Å². The fourth-order valence-corrected chi connectivity index (χ4v) is 16.0. The fourth-order valence-electron chi connectivity index (χ4n) is 16.0. The van der Waals surface area contributed by atoms with Crippen molar-refractivity contribution >= 4 is 81.4 Å². The monoisotopic (exact) mass is 1650 g/mol. The summed E-state index contributed by atoms with van der Waals surface area (Å²) in [5, 5.41) is 38.1. The van der Waals surface area contributed by atoms with Gasteiger partial charge < -0.3 is 87.1 Å². The topological polar surface area (TPSA) is 380 Å². The van der Waals surface area contributed by atoms with Crippen LogP contribution in [-0.2, 0) is 124 Å². The molecule has 8 heterocycles. The van der Waals surface area contributed by atoms with Crippen molar-refractivity contribution in [3.05, 3.63) is 156 Å². The Hall–Kier alpha value is -10.7. The van der Waals surface area contributed by atoms with E-state index in [1.165, 1.54) is 42.9 Å². The van der Waals surface area contributed by atoms with Crippen LogP contribution in [0.3, 0.4) is 0 Å². The van der Waals surface area contributed by atoms with E-state index in [-0.39, 0.29) is 155 Å². The van der Waals surface area contributed by atoms with Gasteiger partial charge in [0, 0.05) is 107 Å². The number of aliphatic hydroxyl groups excluding tert-OH is 1. The van der Waals surface area contributed by atoms with Gasteiger partial charge in [-0.2, -0.15) is 0 Å². The molecule has 2 fully saturated rings. The molecule has 0 aliphatic carbocycles. The minimum atomic E-state index is -1.61. The third kappa shape index (κ3) is 24.8. The quantitative estimate of drug-likeness (QED) is 0.0412. The number of Topliss-reactive ketones (excluding diaryl/α,β-unsaturated/α-hetero) is 3. The summed E-state index contributed by atoms with van der Waals surface area (Å²) in [6, 6.07) is 18.0. The Bertz CT molecular complexity index is 4600. The first kappa shape index (κ1) is 90.7. The van der Waals surface area contributed by atoms with Crippen LogP contribution in [0.4, 0.5) is 4.39 Å². The number of methoxy groups -OCH3 is 1. The summed E-state index contributed by atoms with van der Waals surface area (Å²) in [4.78, 5) is 184. The second-order valence-corrected chi connectivity index (χ2v) is 32.9.